The van der Waals surface area contributed by atoms with Crippen LogP contribution >= 0.6 is 22.6 Å². The van der Waals surface area contributed by atoms with Gasteiger partial charge in [0.05, 0.1) is 0 Å². The molecule has 1 aromatic rings. The van der Waals surface area contributed by atoms with Gasteiger partial charge in [0.25, 0.3) is 0 Å². The summed E-state index contributed by atoms with van der Waals surface area (Å²) in [5.74, 6) is 0.634. The topological polar surface area (TPSA) is 29.4 Å². The van der Waals surface area contributed by atoms with Gasteiger partial charge in [-0.05, 0) is 52.8 Å². The Morgan fingerprint density at radius 1 is 1.47 bits per heavy atom. The van der Waals surface area contributed by atoms with Crippen molar-refractivity contribution in [3.05, 3.63) is 43.9 Å². The van der Waals surface area contributed by atoms with Crippen LogP contribution in [0.15, 0.2) is 29.5 Å². The number of nitrogens with zero attached hydrogens (tertiary/aromatic N) is 1. The van der Waals surface area contributed by atoms with E-state index in [1.165, 1.54) is 14.7 Å². The van der Waals surface area contributed by atoms with E-state index in [4.69, 9.17) is 0 Å². The van der Waals surface area contributed by atoms with Gasteiger partial charge >= 0.3 is 0 Å². The summed E-state index contributed by atoms with van der Waals surface area (Å²) in [5.41, 5.74) is 2.13. The van der Waals surface area contributed by atoms with Crippen molar-refractivity contribution in [1.82, 2.24) is 0 Å². The summed E-state index contributed by atoms with van der Waals surface area (Å²) in [7, 11) is 0. The molecule has 76 valence electrons. The number of hydrogen-bond donors (Lipinski definition) is 0. The lowest BCUT2D eigenvalue weighted by molar-refractivity contribution is 0.699. The van der Waals surface area contributed by atoms with Crippen LogP contribution < -0.4 is 0 Å². The molecule has 1 saturated carbocycles. The molecule has 3 heteroatoms. The molecule has 0 radical (unpaired) electrons. The van der Waals surface area contributed by atoms with E-state index in [0.717, 1.165) is 0 Å². The van der Waals surface area contributed by atoms with E-state index in [1.54, 1.807) is 0 Å². The molecule has 2 aliphatic rings. The third kappa shape index (κ3) is 1.16. The van der Waals surface area contributed by atoms with Crippen LogP contribution in [0, 0.1) is 14.4 Å². The van der Waals surface area contributed by atoms with Crippen molar-refractivity contribution in [2.24, 2.45) is 11.1 Å². The second-order valence-corrected chi connectivity index (χ2v) is 5.70. The van der Waals surface area contributed by atoms with Gasteiger partial charge in [-0.1, -0.05) is 23.4 Å². The number of benzene rings is 1. The second-order valence-electron chi connectivity index (χ2n) is 4.45. The molecule has 0 amide bonds. The maximum atomic E-state index is 10.8. The highest BCUT2D eigenvalue weighted by molar-refractivity contribution is 14.1. The Labute approximate surface area is 102 Å². The Morgan fingerprint density at radius 3 is 3.00 bits per heavy atom. The minimum absolute atomic E-state index is 0.312. The van der Waals surface area contributed by atoms with Crippen LogP contribution in [-0.2, 0) is 0 Å². The fourth-order valence-electron chi connectivity index (χ4n) is 2.64. The van der Waals surface area contributed by atoms with E-state index in [9.17, 15) is 4.91 Å². The van der Waals surface area contributed by atoms with Gasteiger partial charge in [0, 0.05) is 15.4 Å². The molecular formula is C12H10INO. The summed E-state index contributed by atoms with van der Waals surface area (Å²) in [6.07, 6.45) is 4.25. The first-order valence-electron chi connectivity index (χ1n) is 4.99. The largest absolute Gasteiger partial charge is 0.150 e. The number of hydrogen-bond acceptors (Lipinski definition) is 2. The smallest absolute Gasteiger partial charge is 0.114 e. The van der Waals surface area contributed by atoms with Gasteiger partial charge in [-0.2, -0.15) is 4.91 Å². The standard InChI is InChI=1S/C12H10INO/c1-12(14-15)10-5-2-7-6-8(13)3-4-9(7)11(10)12/h2-6,10-11H,1H3/t10?,11-,12?/m0/s1. The molecule has 2 aliphatic carbocycles. The van der Waals surface area contributed by atoms with Crippen LogP contribution in [0.5, 0.6) is 0 Å². The molecule has 15 heavy (non-hydrogen) atoms. The van der Waals surface area contributed by atoms with Crippen molar-refractivity contribution in [1.29, 1.82) is 0 Å². The lowest BCUT2D eigenvalue weighted by atomic mass is 9.97. The Balaban J connectivity index is 2.13. The highest BCUT2D eigenvalue weighted by Gasteiger charge is 2.64. The third-order valence-electron chi connectivity index (χ3n) is 3.62. The molecule has 2 unspecified atom stereocenters. The van der Waals surface area contributed by atoms with Gasteiger partial charge in [-0.3, -0.25) is 0 Å². The number of nitroso groups, excluding NO2 is 1. The first kappa shape index (κ1) is 9.51. The third-order valence-corrected chi connectivity index (χ3v) is 4.29. The maximum absolute atomic E-state index is 10.8. The normalized spacial score (nSPS) is 35.6. The number of fused-ring (bicyclic) bond motifs is 3. The molecule has 0 aromatic heterocycles. The molecule has 3 rings (SSSR count). The van der Waals surface area contributed by atoms with Crippen molar-refractivity contribution in [3.8, 4) is 0 Å². The van der Waals surface area contributed by atoms with Crippen LogP contribution in [0.25, 0.3) is 6.08 Å². The van der Waals surface area contributed by atoms with Crippen LogP contribution in [0.3, 0.4) is 0 Å². The average molecular weight is 311 g/mol. The van der Waals surface area contributed by atoms with Gasteiger partial charge in [-0.15, -0.1) is 0 Å². The molecule has 0 N–H and O–H groups in total. The molecule has 2 nitrogen and oxygen atoms in total. The molecule has 0 saturated heterocycles. The van der Waals surface area contributed by atoms with E-state index >= 15 is 0 Å². The summed E-state index contributed by atoms with van der Waals surface area (Å²) in [5, 5.41) is 3.29. The Hall–Kier alpha value is -0.710. The highest BCUT2D eigenvalue weighted by Crippen LogP contribution is 2.63. The first-order valence-corrected chi connectivity index (χ1v) is 6.07. The molecule has 3 atom stereocenters. The zero-order valence-electron chi connectivity index (χ0n) is 8.27. The van der Waals surface area contributed by atoms with Crippen molar-refractivity contribution < 1.29 is 0 Å². The van der Waals surface area contributed by atoms with Gasteiger partial charge in [0.15, 0.2) is 0 Å². The monoisotopic (exact) mass is 311 g/mol. The van der Waals surface area contributed by atoms with E-state index in [0.29, 0.717) is 11.8 Å². The van der Waals surface area contributed by atoms with Crippen molar-refractivity contribution >= 4 is 28.7 Å². The summed E-state index contributed by atoms with van der Waals surface area (Å²) < 4.78 is 1.23. The van der Waals surface area contributed by atoms with Crippen molar-refractivity contribution in [2.45, 2.75) is 18.4 Å². The molecule has 0 heterocycles. The molecule has 0 bridgehead atoms. The van der Waals surface area contributed by atoms with Crippen molar-refractivity contribution in [2.75, 3.05) is 0 Å². The molecule has 0 aliphatic heterocycles. The Kier molecular flexibility index (Phi) is 1.84. The van der Waals surface area contributed by atoms with Gasteiger partial charge in [-0.25, -0.2) is 0 Å². The minimum atomic E-state index is -0.394. The lowest BCUT2D eigenvalue weighted by Gasteiger charge is -2.09. The van der Waals surface area contributed by atoms with E-state index in [1.807, 2.05) is 6.92 Å². The maximum Gasteiger partial charge on any atom is 0.114 e. The SMILES string of the molecule is CC1(N=O)C2C=Cc3cc(I)ccc3[C@@H]21. The molecular weight excluding hydrogens is 301 g/mol. The summed E-state index contributed by atoms with van der Waals surface area (Å²) in [6, 6.07) is 6.39. The fourth-order valence-corrected chi connectivity index (χ4v) is 3.16. The van der Waals surface area contributed by atoms with Crippen LogP contribution in [0.2, 0.25) is 0 Å². The van der Waals surface area contributed by atoms with Gasteiger partial charge in [0.2, 0.25) is 0 Å². The zero-order valence-corrected chi connectivity index (χ0v) is 10.4. The Morgan fingerprint density at radius 2 is 2.27 bits per heavy atom. The number of halogens is 1. The van der Waals surface area contributed by atoms with Crippen LogP contribution in [-0.4, -0.2) is 5.54 Å². The van der Waals surface area contributed by atoms with E-state index in [-0.39, 0.29) is 0 Å². The molecule has 0 spiro atoms. The quantitative estimate of drug-likeness (QED) is 0.576. The van der Waals surface area contributed by atoms with Crippen LogP contribution in [0.4, 0.5) is 0 Å². The highest BCUT2D eigenvalue weighted by atomic mass is 127. The summed E-state index contributed by atoms with van der Waals surface area (Å²) in [4.78, 5) is 10.8. The van der Waals surface area contributed by atoms with E-state index in [2.05, 4.69) is 58.1 Å². The fraction of sp³-hybridized carbons (Fsp3) is 0.333. The van der Waals surface area contributed by atoms with Crippen LogP contribution in [0.1, 0.15) is 24.0 Å². The molecule has 1 aromatic carbocycles. The van der Waals surface area contributed by atoms with E-state index < -0.39 is 5.54 Å². The first-order chi connectivity index (χ1) is 7.16. The molecule has 1 fully saturated rings. The predicted octanol–water partition coefficient (Wildman–Crippen LogP) is 3.56. The van der Waals surface area contributed by atoms with Gasteiger partial charge in [0.1, 0.15) is 5.54 Å². The zero-order chi connectivity index (χ0) is 10.6. The lowest BCUT2D eigenvalue weighted by Crippen LogP contribution is -2.01. The van der Waals surface area contributed by atoms with Gasteiger partial charge < -0.3 is 0 Å². The summed E-state index contributed by atoms with van der Waals surface area (Å²) >= 11 is 2.31. The number of rotatable bonds is 1. The second kappa shape index (κ2) is 2.90. The Bertz CT molecular complexity index is 483. The summed E-state index contributed by atoms with van der Waals surface area (Å²) in [6.45, 7) is 1.95. The minimum Gasteiger partial charge on any atom is -0.150 e. The van der Waals surface area contributed by atoms with Crippen molar-refractivity contribution in [3.63, 3.8) is 0 Å². The predicted molar refractivity (Wildman–Crippen MR) is 68.6 cm³/mol. The average Bonchev–Trinajstić information content (AvgIpc) is 2.85.